The lowest BCUT2D eigenvalue weighted by Crippen LogP contribution is -1.95. The van der Waals surface area contributed by atoms with Gasteiger partial charge in [-0.05, 0) is 30.4 Å². The van der Waals surface area contributed by atoms with Gasteiger partial charge in [0.05, 0.1) is 33.9 Å². The van der Waals surface area contributed by atoms with Crippen molar-refractivity contribution in [3.05, 3.63) is 51.0 Å². The summed E-state index contributed by atoms with van der Waals surface area (Å²) in [7, 11) is 1.53. The predicted molar refractivity (Wildman–Crippen MR) is 85.0 cm³/mol. The largest absolute Gasteiger partial charge is 0.495 e. The molecule has 0 aliphatic carbocycles. The third-order valence-corrected chi connectivity index (χ3v) is 4.00. The zero-order valence-electron chi connectivity index (χ0n) is 10.8. The van der Waals surface area contributed by atoms with E-state index < -0.39 is 5.82 Å². The van der Waals surface area contributed by atoms with Gasteiger partial charge in [-0.15, -0.1) is 0 Å². The second-order valence-corrected chi connectivity index (χ2v) is 5.57. The Morgan fingerprint density at radius 1 is 1.19 bits per heavy atom. The molecule has 3 rings (SSSR count). The molecule has 0 radical (unpaired) electrons. The Kier molecular flexibility index (Phi) is 3.65. The topological polar surface area (TPSA) is 29.9 Å². The maximum Gasteiger partial charge on any atom is 0.182 e. The van der Waals surface area contributed by atoms with Gasteiger partial charge >= 0.3 is 0 Å². The second kappa shape index (κ2) is 5.33. The molecule has 3 nitrogen and oxygen atoms in total. The zero-order valence-corrected chi connectivity index (χ0v) is 13.1. The highest BCUT2D eigenvalue weighted by molar-refractivity contribution is 7.71. The van der Waals surface area contributed by atoms with E-state index in [4.69, 9.17) is 40.2 Å². The monoisotopic (exact) mass is 342 g/mol. The molecule has 0 saturated heterocycles. The summed E-state index contributed by atoms with van der Waals surface area (Å²) in [6, 6.07) is 8.10. The Bertz CT molecular complexity index is 904. The fraction of sp³-hybridized carbons (Fsp3) is 0.0714. The van der Waals surface area contributed by atoms with Crippen LogP contribution in [-0.2, 0) is 0 Å². The van der Waals surface area contributed by atoms with Crippen molar-refractivity contribution in [2.45, 2.75) is 0 Å². The van der Waals surface area contributed by atoms with Crippen molar-refractivity contribution in [3.8, 4) is 11.4 Å². The fourth-order valence-electron chi connectivity index (χ4n) is 2.15. The van der Waals surface area contributed by atoms with Crippen molar-refractivity contribution in [2.75, 3.05) is 7.11 Å². The van der Waals surface area contributed by atoms with Crippen molar-refractivity contribution in [1.82, 2.24) is 9.55 Å². The summed E-state index contributed by atoms with van der Waals surface area (Å²) in [5.74, 6) is 0.0277. The molecule has 2 aromatic carbocycles. The van der Waals surface area contributed by atoms with Crippen LogP contribution in [0.4, 0.5) is 4.39 Å². The summed E-state index contributed by atoms with van der Waals surface area (Å²) >= 11 is 17.2. The van der Waals surface area contributed by atoms with E-state index >= 15 is 0 Å². The quantitative estimate of drug-likeness (QED) is 0.653. The van der Waals surface area contributed by atoms with E-state index in [0.29, 0.717) is 26.6 Å². The second-order valence-electron chi connectivity index (χ2n) is 4.37. The van der Waals surface area contributed by atoms with E-state index in [0.717, 1.165) is 5.69 Å². The number of rotatable bonds is 2. The molecule has 108 valence electrons. The first-order valence-electron chi connectivity index (χ1n) is 5.95. The molecular formula is C14H9Cl2FN2OS. The number of imidazole rings is 1. The van der Waals surface area contributed by atoms with Crippen molar-refractivity contribution >= 4 is 46.5 Å². The van der Waals surface area contributed by atoms with E-state index in [1.165, 1.54) is 19.2 Å². The molecule has 0 unspecified atom stereocenters. The molecule has 0 amide bonds. The fourth-order valence-corrected chi connectivity index (χ4v) is 2.81. The summed E-state index contributed by atoms with van der Waals surface area (Å²) in [4.78, 5) is 2.95. The van der Waals surface area contributed by atoms with E-state index in [2.05, 4.69) is 4.98 Å². The molecule has 7 heteroatoms. The lowest BCUT2D eigenvalue weighted by molar-refractivity contribution is 0.415. The van der Waals surface area contributed by atoms with Crippen LogP contribution in [-0.4, -0.2) is 16.7 Å². The number of nitrogens with zero attached hydrogens (tertiary/aromatic N) is 1. The summed E-state index contributed by atoms with van der Waals surface area (Å²) in [5.41, 5.74) is 1.99. The number of aromatic nitrogens is 2. The molecule has 0 atom stereocenters. The van der Waals surface area contributed by atoms with Gasteiger partial charge in [0.25, 0.3) is 0 Å². The molecule has 3 aromatic rings. The molecule has 0 fully saturated rings. The van der Waals surface area contributed by atoms with Gasteiger partial charge in [0, 0.05) is 12.1 Å². The van der Waals surface area contributed by atoms with Crippen molar-refractivity contribution in [2.24, 2.45) is 0 Å². The van der Waals surface area contributed by atoms with Gasteiger partial charge in [-0.3, -0.25) is 4.57 Å². The maximum absolute atomic E-state index is 13.5. The molecule has 21 heavy (non-hydrogen) atoms. The van der Waals surface area contributed by atoms with Crippen LogP contribution in [0.25, 0.3) is 16.7 Å². The lowest BCUT2D eigenvalue weighted by Gasteiger charge is -2.08. The predicted octanol–water partition coefficient (Wildman–Crippen LogP) is 5.14. The van der Waals surface area contributed by atoms with Gasteiger partial charge in [-0.25, -0.2) is 4.39 Å². The first kappa shape index (κ1) is 14.4. The van der Waals surface area contributed by atoms with Crippen LogP contribution >= 0.6 is 35.4 Å². The maximum atomic E-state index is 13.5. The zero-order chi connectivity index (χ0) is 15.1. The van der Waals surface area contributed by atoms with Crippen molar-refractivity contribution in [1.29, 1.82) is 0 Å². The normalized spacial score (nSPS) is 11.0. The number of hydrogen-bond acceptors (Lipinski definition) is 2. The molecule has 1 aromatic heterocycles. The Labute approximate surface area is 134 Å². The third kappa shape index (κ3) is 2.41. The number of hydrogen-bond donors (Lipinski definition) is 1. The minimum atomic E-state index is -0.499. The van der Waals surface area contributed by atoms with Crippen LogP contribution in [0.5, 0.6) is 5.75 Å². The Balaban J connectivity index is 2.32. The minimum Gasteiger partial charge on any atom is -0.495 e. The molecule has 0 aliphatic heterocycles. The number of halogens is 3. The summed E-state index contributed by atoms with van der Waals surface area (Å²) in [5, 5.41) is 0.530. The molecule has 0 aliphatic rings. The van der Waals surface area contributed by atoms with E-state index in [1.807, 2.05) is 0 Å². The van der Waals surface area contributed by atoms with Gasteiger partial charge in [-0.1, -0.05) is 23.2 Å². The molecule has 0 bridgehead atoms. The molecule has 0 saturated carbocycles. The number of ether oxygens (including phenoxy) is 1. The van der Waals surface area contributed by atoms with Crippen LogP contribution in [0.2, 0.25) is 10.0 Å². The van der Waals surface area contributed by atoms with Gasteiger partial charge in [-0.2, -0.15) is 0 Å². The van der Waals surface area contributed by atoms with Gasteiger partial charge < -0.3 is 9.72 Å². The Morgan fingerprint density at radius 3 is 2.67 bits per heavy atom. The highest BCUT2D eigenvalue weighted by atomic mass is 35.5. The van der Waals surface area contributed by atoms with Crippen LogP contribution in [0.3, 0.4) is 0 Å². The highest BCUT2D eigenvalue weighted by Gasteiger charge is 2.12. The van der Waals surface area contributed by atoms with Crippen molar-refractivity contribution < 1.29 is 9.13 Å². The molecule has 1 heterocycles. The number of aromatic amines is 1. The van der Waals surface area contributed by atoms with E-state index in [-0.39, 0.29) is 5.02 Å². The van der Waals surface area contributed by atoms with Crippen LogP contribution in [0.15, 0.2) is 30.3 Å². The molecule has 0 spiro atoms. The Hall–Kier alpha value is -1.56. The SMILES string of the molecule is COc1cc(-n2c(=S)[nH]c3cc(F)c(Cl)cc32)ccc1Cl. The standard InChI is InChI=1S/C14H9Cl2FN2OS/c1-20-13-4-7(2-3-8(13)15)19-12-5-9(16)10(17)6-11(12)18-14(19)21/h2-6H,1H3,(H,18,21). The summed E-state index contributed by atoms with van der Waals surface area (Å²) in [6.07, 6.45) is 0. The van der Waals surface area contributed by atoms with E-state index in [9.17, 15) is 4.39 Å². The van der Waals surface area contributed by atoms with Gasteiger partial charge in [0.1, 0.15) is 11.6 Å². The average molecular weight is 343 g/mol. The first-order valence-corrected chi connectivity index (χ1v) is 7.11. The van der Waals surface area contributed by atoms with Gasteiger partial charge in [0.15, 0.2) is 4.77 Å². The number of fused-ring (bicyclic) bond motifs is 1. The van der Waals surface area contributed by atoms with Crippen molar-refractivity contribution in [3.63, 3.8) is 0 Å². The molecule has 1 N–H and O–H groups in total. The van der Waals surface area contributed by atoms with E-state index in [1.54, 1.807) is 22.8 Å². The number of benzene rings is 2. The lowest BCUT2D eigenvalue weighted by atomic mass is 10.2. The summed E-state index contributed by atoms with van der Waals surface area (Å²) in [6.45, 7) is 0. The summed E-state index contributed by atoms with van der Waals surface area (Å²) < 4.78 is 20.9. The average Bonchev–Trinajstić information content (AvgIpc) is 2.75. The smallest absolute Gasteiger partial charge is 0.182 e. The van der Waals surface area contributed by atoms with Crippen LogP contribution in [0, 0.1) is 10.6 Å². The van der Waals surface area contributed by atoms with Gasteiger partial charge in [0.2, 0.25) is 0 Å². The molecular weight excluding hydrogens is 334 g/mol. The number of nitrogens with one attached hydrogen (secondary N) is 1. The third-order valence-electron chi connectivity index (χ3n) is 3.12. The minimum absolute atomic E-state index is 0.0335. The van der Waals surface area contributed by atoms with Crippen LogP contribution in [0.1, 0.15) is 0 Å². The highest BCUT2D eigenvalue weighted by Crippen LogP contribution is 2.30. The first-order chi connectivity index (χ1) is 10.0. The number of H-pyrrole nitrogens is 1. The van der Waals surface area contributed by atoms with Crippen LogP contribution < -0.4 is 4.74 Å². The number of methoxy groups -OCH3 is 1. The Morgan fingerprint density at radius 2 is 1.95 bits per heavy atom.